The van der Waals surface area contributed by atoms with Gasteiger partial charge in [-0.05, 0) is 62.7 Å². The van der Waals surface area contributed by atoms with Gasteiger partial charge in [-0.25, -0.2) is 16.8 Å². The number of nitrogens with zero attached hydrogens (tertiary/aromatic N) is 2. The molecular formula is C39H30F6N2O7S2. The maximum absolute atomic E-state index is 10.7. The number of hydrogen-bond donors (Lipinski definition) is 0. The van der Waals surface area contributed by atoms with Crippen molar-refractivity contribution >= 4 is 53.9 Å². The lowest BCUT2D eigenvalue weighted by molar-refractivity contribution is -0.689. The zero-order valence-electron chi connectivity index (χ0n) is 29.1. The van der Waals surface area contributed by atoms with Crippen LogP contribution < -0.4 is 13.9 Å². The van der Waals surface area contributed by atoms with E-state index >= 15 is 0 Å². The van der Waals surface area contributed by atoms with Crippen LogP contribution in [0.1, 0.15) is 22.3 Å². The van der Waals surface area contributed by atoms with E-state index < -0.39 is 31.3 Å². The summed E-state index contributed by atoms with van der Waals surface area (Å²) in [7, 11) is -10.5. The molecule has 0 saturated heterocycles. The Bertz CT molecular complexity index is 2690. The molecular weight excluding hydrogens is 787 g/mol. The minimum absolute atomic E-state index is 0.888. The van der Waals surface area contributed by atoms with Gasteiger partial charge in [0.25, 0.3) is 0 Å². The van der Waals surface area contributed by atoms with Crippen molar-refractivity contribution in [3.05, 3.63) is 126 Å². The second-order valence-electron chi connectivity index (χ2n) is 12.7. The maximum Gasteiger partial charge on any atom is 0.485 e. The van der Waals surface area contributed by atoms with Crippen LogP contribution in [-0.4, -0.2) is 44.1 Å². The molecule has 0 aliphatic carbocycles. The van der Waals surface area contributed by atoms with E-state index in [9.17, 15) is 26.3 Å². The molecule has 4 heterocycles. The molecule has 8 rings (SSSR count). The molecule has 0 spiro atoms. The smallest absolute Gasteiger partial charge is 0.485 e. The Morgan fingerprint density at radius 2 is 1.16 bits per heavy atom. The molecule has 292 valence electrons. The third-order valence-electron chi connectivity index (χ3n) is 9.22. The Hall–Kier alpha value is -5.36. The highest BCUT2D eigenvalue weighted by Gasteiger charge is 2.38. The van der Waals surface area contributed by atoms with Gasteiger partial charge in [-0.2, -0.15) is 35.5 Å². The average molecular weight is 817 g/mol. The van der Waals surface area contributed by atoms with Crippen molar-refractivity contribution in [1.29, 1.82) is 0 Å². The van der Waals surface area contributed by atoms with Crippen molar-refractivity contribution in [2.45, 2.75) is 36.9 Å². The Balaban J connectivity index is 0.000000281. The van der Waals surface area contributed by atoms with E-state index in [4.69, 9.17) is 30.7 Å². The Morgan fingerprint density at radius 1 is 0.625 bits per heavy atom. The van der Waals surface area contributed by atoms with Crippen molar-refractivity contribution < 1.29 is 66.2 Å². The number of hydrogen-bond acceptors (Lipinski definition) is 7. The largest absolute Gasteiger partial charge is 0.741 e. The monoisotopic (exact) mass is 816 g/mol. The van der Waals surface area contributed by atoms with Crippen LogP contribution in [0.25, 0.3) is 56.2 Å². The molecule has 2 aromatic heterocycles. The molecule has 0 radical (unpaired) electrons. The lowest BCUT2D eigenvalue weighted by Gasteiger charge is -2.23. The number of alkyl halides is 6. The van der Waals surface area contributed by atoms with E-state index in [0.29, 0.717) is 0 Å². The minimum atomic E-state index is -6.09. The van der Waals surface area contributed by atoms with Gasteiger partial charge in [0.2, 0.25) is 11.4 Å². The zero-order valence-corrected chi connectivity index (χ0v) is 30.8. The second kappa shape index (κ2) is 15.3. The number of aryl methyl sites for hydroxylation is 4. The van der Waals surface area contributed by atoms with Gasteiger partial charge in [0, 0.05) is 31.0 Å². The lowest BCUT2D eigenvalue weighted by atomic mass is 9.83. The summed E-state index contributed by atoms with van der Waals surface area (Å²) in [4.78, 5) is 0. The molecule has 9 nitrogen and oxygen atoms in total. The number of halogens is 6. The van der Waals surface area contributed by atoms with Gasteiger partial charge in [0.05, 0.1) is 23.6 Å². The van der Waals surface area contributed by atoms with E-state index in [-0.39, 0.29) is 0 Å². The van der Waals surface area contributed by atoms with Gasteiger partial charge < -0.3 is 13.8 Å². The molecule has 0 unspecified atom stereocenters. The van der Waals surface area contributed by atoms with Crippen LogP contribution in [0.5, 0.6) is 5.75 Å². The highest BCUT2D eigenvalue weighted by Crippen LogP contribution is 2.41. The third kappa shape index (κ3) is 8.55. The summed E-state index contributed by atoms with van der Waals surface area (Å²) >= 11 is 0. The van der Waals surface area contributed by atoms with Gasteiger partial charge in [-0.1, -0.05) is 60.7 Å². The summed E-state index contributed by atoms with van der Waals surface area (Å²) in [6.07, 6.45) is 11.1. The molecule has 2 aliphatic rings. The van der Waals surface area contributed by atoms with Crippen LogP contribution in [-0.2, 0) is 46.2 Å². The molecule has 56 heavy (non-hydrogen) atoms. The van der Waals surface area contributed by atoms with E-state index in [1.807, 2.05) is 6.07 Å². The molecule has 2 aliphatic heterocycles. The van der Waals surface area contributed by atoms with Gasteiger partial charge in [0.1, 0.15) is 5.75 Å². The number of rotatable bonds is 3. The number of ether oxygens (including phenoxy) is 1. The average Bonchev–Trinajstić information content (AvgIpc) is 3.15. The molecule has 0 amide bonds. The summed E-state index contributed by atoms with van der Waals surface area (Å²) in [6, 6.07) is 33.3. The van der Waals surface area contributed by atoms with Gasteiger partial charge in [-0.3, -0.25) is 0 Å². The normalized spacial score (nSPS) is 13.7. The molecule has 0 atom stereocenters. The van der Waals surface area contributed by atoms with Crippen LogP contribution in [0, 0.1) is 0 Å². The first kappa shape index (κ1) is 40.3. The highest BCUT2D eigenvalue weighted by atomic mass is 32.2. The molecule has 6 aromatic rings. The van der Waals surface area contributed by atoms with E-state index in [0.717, 1.165) is 31.7 Å². The van der Waals surface area contributed by atoms with Gasteiger partial charge >= 0.3 is 11.0 Å². The summed E-state index contributed by atoms with van der Waals surface area (Å²) in [6.45, 7) is 2.03. The zero-order chi connectivity index (χ0) is 40.6. The molecule has 17 heteroatoms. The van der Waals surface area contributed by atoms with Crippen LogP contribution in [0.15, 0.2) is 103 Å². The molecule has 0 N–H and O–H groups in total. The first-order chi connectivity index (χ1) is 26.2. The van der Waals surface area contributed by atoms with Crippen LogP contribution in [0.3, 0.4) is 0 Å². The van der Waals surface area contributed by atoms with E-state index in [1.54, 1.807) is 7.11 Å². The Morgan fingerprint density at radius 3 is 1.79 bits per heavy atom. The van der Waals surface area contributed by atoms with Crippen molar-refractivity contribution in [3.63, 3.8) is 0 Å². The Labute approximate surface area is 317 Å². The van der Waals surface area contributed by atoms with E-state index in [2.05, 4.69) is 119 Å². The van der Waals surface area contributed by atoms with Crippen molar-refractivity contribution in [2.24, 2.45) is 0 Å². The first-order valence-corrected chi connectivity index (χ1v) is 19.5. The molecule has 0 saturated carbocycles. The van der Waals surface area contributed by atoms with Gasteiger partial charge in [0.15, 0.2) is 45.7 Å². The minimum Gasteiger partial charge on any atom is -0.741 e. The SMILES string of the molecule is COc1ccc2cc(/C=C/c3cc[n+]4c(c3)-c3c(ccc5c3-c3c6ccccc6cc[n+]3CC5)CC4)ccc2c1.O=S(=O)([O-])C(F)(F)F.O=S(=O)([O-])C(F)(F)F. The number of pyridine rings is 2. The van der Waals surface area contributed by atoms with Crippen molar-refractivity contribution in [1.82, 2.24) is 0 Å². The summed E-state index contributed by atoms with van der Waals surface area (Å²) in [5.74, 6) is 0.888. The second-order valence-corrected chi connectivity index (χ2v) is 15.5. The fourth-order valence-electron chi connectivity index (χ4n) is 6.60. The van der Waals surface area contributed by atoms with E-state index in [1.165, 1.54) is 66.3 Å². The predicted molar refractivity (Wildman–Crippen MR) is 194 cm³/mol. The van der Waals surface area contributed by atoms with Crippen LogP contribution in [0.4, 0.5) is 26.3 Å². The van der Waals surface area contributed by atoms with Crippen molar-refractivity contribution in [3.8, 4) is 28.3 Å². The van der Waals surface area contributed by atoms with Crippen LogP contribution >= 0.6 is 0 Å². The number of benzene rings is 4. The number of methoxy groups -OCH3 is 1. The number of aromatic nitrogens is 2. The molecule has 0 bridgehead atoms. The third-order valence-corrected chi connectivity index (χ3v) is 10.4. The lowest BCUT2D eigenvalue weighted by Crippen LogP contribution is -2.43. The quantitative estimate of drug-likeness (QED) is 0.0794. The molecule has 4 aromatic carbocycles. The summed E-state index contributed by atoms with van der Waals surface area (Å²) in [5.41, 5.74) is -0.483. The molecule has 0 fully saturated rings. The van der Waals surface area contributed by atoms with Crippen molar-refractivity contribution in [2.75, 3.05) is 7.11 Å². The fraction of sp³-hybridized carbons (Fsp3) is 0.179. The maximum atomic E-state index is 10.7. The Kier molecular flexibility index (Phi) is 11.0. The van der Waals surface area contributed by atoms with Gasteiger partial charge in [-0.15, -0.1) is 0 Å². The summed E-state index contributed by atoms with van der Waals surface area (Å²) in [5, 5.41) is 5.04. The highest BCUT2D eigenvalue weighted by molar-refractivity contribution is 7.86. The predicted octanol–water partition coefficient (Wildman–Crippen LogP) is 7.30. The summed E-state index contributed by atoms with van der Waals surface area (Å²) < 4.78 is 128. The standard InChI is InChI=1S/C37H30N2O.2CHF3O3S/c1-40-32-13-12-30-22-25(8-9-31(30)24-32)6-7-26-14-18-38-19-16-28-10-11-29-17-21-39-20-15-27-4-2-3-5-33(27)37(39)36(29)35(28)34(38)23-26;2*2-1(3,4)8(5,6)7/h2-15,18,20,22-24H,16-17,19,21H2,1H3;2*(H,5,6,7)/q+2;;/p-2/b7-6+;;. The van der Waals surface area contributed by atoms with Crippen LogP contribution in [0.2, 0.25) is 0 Å². The fourth-order valence-corrected chi connectivity index (χ4v) is 6.60. The topological polar surface area (TPSA) is 131 Å². The first-order valence-electron chi connectivity index (χ1n) is 16.7. The number of fused-ring (bicyclic) bond motifs is 10.